The van der Waals surface area contributed by atoms with Crippen molar-refractivity contribution >= 4 is 17.3 Å². The van der Waals surface area contributed by atoms with E-state index in [4.69, 9.17) is 5.73 Å². The van der Waals surface area contributed by atoms with Crippen molar-refractivity contribution in [2.45, 2.75) is 19.4 Å². The summed E-state index contributed by atoms with van der Waals surface area (Å²) in [6.45, 7) is 1.69. The number of hydrogen-bond donors (Lipinski definition) is 2. The molecule has 0 fully saturated rings. The van der Waals surface area contributed by atoms with E-state index in [1.807, 2.05) is 18.2 Å². The third-order valence-corrected chi connectivity index (χ3v) is 4.69. The summed E-state index contributed by atoms with van der Waals surface area (Å²) in [5.41, 5.74) is 7.67. The van der Waals surface area contributed by atoms with Gasteiger partial charge < -0.3 is 11.1 Å². The SMILES string of the molecule is Nc1nccc(Cc2ccc(CNCCc3ccc(F)cc3)s2)n1. The van der Waals surface area contributed by atoms with Gasteiger partial charge in [-0.1, -0.05) is 12.1 Å². The molecule has 0 saturated carbocycles. The van der Waals surface area contributed by atoms with Gasteiger partial charge in [0.05, 0.1) is 5.69 Å². The summed E-state index contributed by atoms with van der Waals surface area (Å²) in [6, 6.07) is 12.8. The highest BCUT2D eigenvalue weighted by Crippen LogP contribution is 2.19. The molecule has 3 N–H and O–H groups in total. The third kappa shape index (κ3) is 4.84. The zero-order valence-electron chi connectivity index (χ0n) is 13.2. The van der Waals surface area contributed by atoms with Crippen molar-refractivity contribution < 1.29 is 4.39 Å². The van der Waals surface area contributed by atoms with Gasteiger partial charge in [-0.25, -0.2) is 14.4 Å². The first-order valence-electron chi connectivity index (χ1n) is 7.79. The Balaban J connectivity index is 1.45. The maximum Gasteiger partial charge on any atom is 0.220 e. The van der Waals surface area contributed by atoms with E-state index in [-0.39, 0.29) is 5.82 Å². The summed E-state index contributed by atoms with van der Waals surface area (Å²) in [4.78, 5) is 10.7. The molecular formula is C18H19FN4S. The average molecular weight is 342 g/mol. The van der Waals surface area contributed by atoms with Gasteiger partial charge in [-0.2, -0.15) is 0 Å². The molecule has 0 aliphatic carbocycles. The minimum atomic E-state index is -0.191. The topological polar surface area (TPSA) is 63.8 Å². The molecule has 0 unspecified atom stereocenters. The van der Waals surface area contributed by atoms with Crippen molar-refractivity contribution in [2.24, 2.45) is 0 Å². The normalized spacial score (nSPS) is 10.9. The lowest BCUT2D eigenvalue weighted by Gasteiger charge is -2.03. The van der Waals surface area contributed by atoms with Crippen molar-refractivity contribution in [3.63, 3.8) is 0 Å². The van der Waals surface area contributed by atoms with Crippen LogP contribution in [0.15, 0.2) is 48.7 Å². The second kappa shape index (κ2) is 7.99. The lowest BCUT2D eigenvalue weighted by molar-refractivity contribution is 0.626. The molecule has 3 aromatic rings. The van der Waals surface area contributed by atoms with Crippen LogP contribution in [0.25, 0.3) is 0 Å². The molecule has 2 aromatic heterocycles. The van der Waals surface area contributed by atoms with Crippen LogP contribution in [0.3, 0.4) is 0 Å². The number of thiophene rings is 1. The predicted octanol–water partition coefficient (Wildman–Crippen LogP) is 3.18. The molecule has 0 atom stereocenters. The van der Waals surface area contributed by atoms with Gasteiger partial charge >= 0.3 is 0 Å². The number of anilines is 1. The fourth-order valence-corrected chi connectivity index (χ4v) is 3.40. The molecule has 4 nitrogen and oxygen atoms in total. The van der Waals surface area contributed by atoms with E-state index in [9.17, 15) is 4.39 Å². The Morgan fingerprint density at radius 3 is 2.62 bits per heavy atom. The molecule has 3 rings (SSSR count). The van der Waals surface area contributed by atoms with Crippen molar-refractivity contribution in [2.75, 3.05) is 12.3 Å². The number of hydrogen-bond acceptors (Lipinski definition) is 5. The van der Waals surface area contributed by atoms with Gasteiger partial charge in [0, 0.05) is 28.9 Å². The molecule has 124 valence electrons. The van der Waals surface area contributed by atoms with Gasteiger partial charge in [-0.3, -0.25) is 0 Å². The minimum absolute atomic E-state index is 0.191. The van der Waals surface area contributed by atoms with E-state index < -0.39 is 0 Å². The summed E-state index contributed by atoms with van der Waals surface area (Å²) >= 11 is 1.77. The van der Waals surface area contributed by atoms with E-state index in [1.54, 1.807) is 17.5 Å². The minimum Gasteiger partial charge on any atom is -0.368 e. The maximum atomic E-state index is 12.8. The lowest BCUT2D eigenvalue weighted by Crippen LogP contribution is -2.15. The summed E-state index contributed by atoms with van der Waals surface area (Å²) in [6.07, 6.45) is 3.34. The molecule has 0 spiro atoms. The molecule has 0 amide bonds. The quantitative estimate of drug-likeness (QED) is 0.647. The van der Waals surface area contributed by atoms with Crippen LogP contribution in [0.5, 0.6) is 0 Å². The number of nitrogens with one attached hydrogen (secondary N) is 1. The number of aromatic nitrogens is 2. The van der Waals surface area contributed by atoms with Crippen molar-refractivity contribution in [1.82, 2.24) is 15.3 Å². The van der Waals surface area contributed by atoms with E-state index in [0.29, 0.717) is 5.95 Å². The van der Waals surface area contributed by atoms with Crippen LogP contribution in [0.2, 0.25) is 0 Å². The number of rotatable bonds is 7. The molecule has 2 heterocycles. The van der Waals surface area contributed by atoms with Crippen LogP contribution >= 0.6 is 11.3 Å². The Bertz CT molecular complexity index is 786. The van der Waals surface area contributed by atoms with Crippen molar-refractivity contribution in [3.05, 3.63) is 75.5 Å². The van der Waals surface area contributed by atoms with Crippen LogP contribution in [0.1, 0.15) is 21.0 Å². The zero-order chi connectivity index (χ0) is 16.8. The first kappa shape index (κ1) is 16.5. The molecule has 24 heavy (non-hydrogen) atoms. The van der Waals surface area contributed by atoms with Crippen LogP contribution < -0.4 is 11.1 Å². The lowest BCUT2D eigenvalue weighted by atomic mass is 10.1. The van der Waals surface area contributed by atoms with Gasteiger partial charge in [0.25, 0.3) is 0 Å². The number of nitrogens with two attached hydrogens (primary N) is 1. The number of benzene rings is 1. The standard InChI is InChI=1S/C18H19FN4S/c19-14-3-1-13(2-4-14)7-9-21-12-17-6-5-16(24-17)11-15-8-10-22-18(20)23-15/h1-6,8,10,21H,7,9,11-12H2,(H2,20,22,23). The Morgan fingerprint density at radius 1 is 1.04 bits per heavy atom. The summed E-state index contributed by atoms with van der Waals surface area (Å²) in [5, 5.41) is 3.42. The second-order valence-corrected chi connectivity index (χ2v) is 6.76. The van der Waals surface area contributed by atoms with E-state index in [1.165, 1.54) is 21.9 Å². The highest BCUT2D eigenvalue weighted by molar-refractivity contribution is 7.12. The molecule has 0 aliphatic rings. The number of nitrogens with zero attached hydrogens (tertiary/aromatic N) is 2. The smallest absolute Gasteiger partial charge is 0.220 e. The summed E-state index contributed by atoms with van der Waals surface area (Å²) in [7, 11) is 0. The van der Waals surface area contributed by atoms with Gasteiger partial charge in [0.2, 0.25) is 5.95 Å². The van der Waals surface area contributed by atoms with Crippen LogP contribution in [0.4, 0.5) is 10.3 Å². The maximum absolute atomic E-state index is 12.8. The first-order chi connectivity index (χ1) is 11.7. The zero-order valence-corrected chi connectivity index (χ0v) is 14.0. The van der Waals surface area contributed by atoms with Crippen molar-refractivity contribution in [3.8, 4) is 0 Å². The second-order valence-electron chi connectivity index (χ2n) is 5.50. The summed E-state index contributed by atoms with van der Waals surface area (Å²) in [5.74, 6) is 0.120. The van der Waals surface area contributed by atoms with Crippen LogP contribution in [0, 0.1) is 5.82 Å². The highest BCUT2D eigenvalue weighted by Gasteiger charge is 2.03. The van der Waals surface area contributed by atoms with Crippen LogP contribution in [-0.2, 0) is 19.4 Å². The highest BCUT2D eigenvalue weighted by atomic mass is 32.1. The number of halogens is 1. The summed E-state index contributed by atoms with van der Waals surface area (Å²) < 4.78 is 12.8. The fraction of sp³-hybridized carbons (Fsp3) is 0.222. The molecule has 1 aromatic carbocycles. The average Bonchev–Trinajstić information content (AvgIpc) is 3.01. The molecule has 6 heteroatoms. The Kier molecular flexibility index (Phi) is 5.51. The monoisotopic (exact) mass is 342 g/mol. The molecule has 0 radical (unpaired) electrons. The predicted molar refractivity (Wildman–Crippen MR) is 95.4 cm³/mol. The van der Waals surface area contributed by atoms with Gasteiger partial charge in [-0.15, -0.1) is 11.3 Å². The molecule has 0 bridgehead atoms. The fourth-order valence-electron chi connectivity index (χ4n) is 2.40. The van der Waals surface area contributed by atoms with Crippen LogP contribution in [-0.4, -0.2) is 16.5 Å². The van der Waals surface area contributed by atoms with Crippen molar-refractivity contribution in [1.29, 1.82) is 0 Å². The van der Waals surface area contributed by atoms with Gasteiger partial charge in [0.15, 0.2) is 0 Å². The van der Waals surface area contributed by atoms with E-state index in [2.05, 4.69) is 27.4 Å². The van der Waals surface area contributed by atoms with E-state index in [0.717, 1.165) is 37.2 Å². The molecule has 0 aliphatic heterocycles. The first-order valence-corrected chi connectivity index (χ1v) is 8.61. The Morgan fingerprint density at radius 2 is 1.83 bits per heavy atom. The Labute approximate surface area is 144 Å². The van der Waals surface area contributed by atoms with E-state index >= 15 is 0 Å². The molecular weight excluding hydrogens is 323 g/mol. The number of nitrogen functional groups attached to an aromatic ring is 1. The van der Waals surface area contributed by atoms with Gasteiger partial charge in [-0.05, 0) is 48.9 Å². The largest absolute Gasteiger partial charge is 0.368 e. The third-order valence-electron chi connectivity index (χ3n) is 3.61. The van der Waals surface area contributed by atoms with Gasteiger partial charge in [0.1, 0.15) is 5.82 Å². The Hall–Kier alpha value is -2.31. The molecule has 0 saturated heterocycles.